The molecule has 2 heterocycles. The number of nitrogen functional groups attached to an aromatic ring is 1. The Morgan fingerprint density at radius 3 is 2.71 bits per heavy atom. The van der Waals surface area contributed by atoms with Crippen LogP contribution in [0.25, 0.3) is 10.9 Å². The zero-order valence-corrected chi connectivity index (χ0v) is 17.0. The predicted molar refractivity (Wildman–Crippen MR) is 112 cm³/mol. The Morgan fingerprint density at radius 1 is 1.23 bits per heavy atom. The van der Waals surface area contributed by atoms with Crippen molar-refractivity contribution < 1.29 is 18.0 Å². The number of H-pyrrole nitrogens is 1. The lowest BCUT2D eigenvalue weighted by Crippen LogP contribution is -2.42. The number of hydrogen-bond donors (Lipinski definition) is 4. The summed E-state index contributed by atoms with van der Waals surface area (Å²) in [5.41, 5.74) is 5.48. The van der Waals surface area contributed by atoms with Gasteiger partial charge < -0.3 is 16.4 Å². The van der Waals surface area contributed by atoms with Crippen LogP contribution in [-0.2, 0) is 6.18 Å². The minimum atomic E-state index is -4.57. The zero-order valence-electron chi connectivity index (χ0n) is 16.3. The number of rotatable bonds is 4. The average Bonchev–Trinajstić information content (AvgIpc) is 3.14. The maximum absolute atomic E-state index is 13.3. The third-order valence-electron chi connectivity index (χ3n) is 5.34. The number of aromatic nitrogens is 3. The van der Waals surface area contributed by atoms with E-state index in [1.807, 2.05) is 0 Å². The normalized spacial score (nSPS) is 19.4. The monoisotopic (exact) mass is 452 g/mol. The molecule has 4 rings (SSSR count). The van der Waals surface area contributed by atoms with Crippen LogP contribution in [0.15, 0.2) is 30.5 Å². The van der Waals surface area contributed by atoms with Gasteiger partial charge in [-0.3, -0.25) is 9.89 Å². The molecule has 1 aliphatic carbocycles. The smallest absolute Gasteiger partial charge is 0.382 e. The number of halogens is 4. The Hall–Kier alpha value is -3.01. The van der Waals surface area contributed by atoms with E-state index >= 15 is 0 Å². The van der Waals surface area contributed by atoms with Crippen molar-refractivity contribution in [3.63, 3.8) is 0 Å². The van der Waals surface area contributed by atoms with Crippen LogP contribution in [0.4, 0.5) is 24.7 Å². The first-order chi connectivity index (χ1) is 14.7. The van der Waals surface area contributed by atoms with E-state index in [1.165, 1.54) is 18.3 Å². The van der Waals surface area contributed by atoms with E-state index in [2.05, 4.69) is 25.8 Å². The number of fused-ring (bicyclic) bond motifs is 1. The molecule has 1 fully saturated rings. The molecule has 3 aromatic rings. The third-order valence-corrected chi connectivity index (χ3v) is 5.58. The van der Waals surface area contributed by atoms with Crippen molar-refractivity contribution in [2.75, 3.05) is 11.1 Å². The van der Waals surface area contributed by atoms with Crippen LogP contribution in [0.2, 0.25) is 5.02 Å². The highest BCUT2D eigenvalue weighted by Crippen LogP contribution is 2.35. The van der Waals surface area contributed by atoms with E-state index in [-0.39, 0.29) is 34.9 Å². The van der Waals surface area contributed by atoms with Gasteiger partial charge in [-0.2, -0.15) is 18.3 Å². The number of nitrogens with two attached hydrogens (primary N) is 1. The predicted octanol–water partition coefficient (Wildman–Crippen LogP) is 4.37. The van der Waals surface area contributed by atoms with Gasteiger partial charge in [-0.05, 0) is 49.9 Å². The molecule has 1 aliphatic rings. The number of aromatic amines is 1. The SMILES string of the molecule is Nc1n[nH]cc1C(=O)N[C@@H]1CCC[C@H](Nc2cc(C(F)(F)F)nc3ccc(Cl)cc23)C1. The molecule has 1 aromatic carbocycles. The Kier molecular flexibility index (Phi) is 5.65. The first-order valence-electron chi connectivity index (χ1n) is 9.75. The second-order valence-electron chi connectivity index (χ2n) is 7.58. The lowest BCUT2D eigenvalue weighted by molar-refractivity contribution is -0.140. The Morgan fingerprint density at radius 2 is 2.00 bits per heavy atom. The summed E-state index contributed by atoms with van der Waals surface area (Å²) >= 11 is 6.06. The van der Waals surface area contributed by atoms with E-state index in [0.717, 1.165) is 25.3 Å². The molecule has 31 heavy (non-hydrogen) atoms. The molecule has 0 aliphatic heterocycles. The molecule has 2 atom stereocenters. The number of alkyl halides is 3. The third kappa shape index (κ3) is 4.68. The summed E-state index contributed by atoms with van der Waals surface area (Å²) in [6, 6.07) is 5.30. The lowest BCUT2D eigenvalue weighted by atomic mass is 9.90. The highest BCUT2D eigenvalue weighted by atomic mass is 35.5. The second kappa shape index (κ2) is 8.26. The van der Waals surface area contributed by atoms with Crippen LogP contribution < -0.4 is 16.4 Å². The lowest BCUT2D eigenvalue weighted by Gasteiger charge is -2.31. The fourth-order valence-electron chi connectivity index (χ4n) is 3.88. The van der Waals surface area contributed by atoms with Crippen LogP contribution in [0.3, 0.4) is 0 Å². The van der Waals surface area contributed by atoms with Gasteiger partial charge in [0, 0.05) is 34.4 Å². The number of pyridine rings is 1. The Balaban J connectivity index is 1.55. The highest BCUT2D eigenvalue weighted by molar-refractivity contribution is 6.31. The fourth-order valence-corrected chi connectivity index (χ4v) is 4.05. The Labute approximate surface area is 180 Å². The van der Waals surface area contributed by atoms with E-state index in [0.29, 0.717) is 22.5 Å². The van der Waals surface area contributed by atoms with E-state index in [9.17, 15) is 18.0 Å². The molecular formula is C20H20ClF3N6O. The second-order valence-corrected chi connectivity index (χ2v) is 8.01. The molecule has 0 bridgehead atoms. The van der Waals surface area contributed by atoms with Gasteiger partial charge in [0.2, 0.25) is 0 Å². The molecule has 2 aromatic heterocycles. The van der Waals surface area contributed by atoms with Gasteiger partial charge in [0.15, 0.2) is 5.82 Å². The summed E-state index contributed by atoms with van der Waals surface area (Å²) in [4.78, 5) is 16.1. The number of amides is 1. The van der Waals surface area contributed by atoms with Crippen LogP contribution in [0.5, 0.6) is 0 Å². The van der Waals surface area contributed by atoms with Gasteiger partial charge in [-0.15, -0.1) is 0 Å². The summed E-state index contributed by atoms with van der Waals surface area (Å²) in [7, 11) is 0. The molecule has 1 amide bonds. The Bertz CT molecular complexity index is 1120. The maximum atomic E-state index is 13.3. The van der Waals surface area contributed by atoms with E-state index in [4.69, 9.17) is 17.3 Å². The largest absolute Gasteiger partial charge is 0.433 e. The average molecular weight is 453 g/mol. The molecule has 1 saturated carbocycles. The highest BCUT2D eigenvalue weighted by Gasteiger charge is 2.34. The summed E-state index contributed by atoms with van der Waals surface area (Å²) in [5, 5.41) is 13.3. The summed E-state index contributed by atoms with van der Waals surface area (Å²) < 4.78 is 40.0. The molecule has 0 radical (unpaired) electrons. The first kappa shape index (κ1) is 21.2. The number of hydrogen-bond acceptors (Lipinski definition) is 5. The summed E-state index contributed by atoms with van der Waals surface area (Å²) in [6.07, 6.45) is -0.272. The molecule has 5 N–H and O–H groups in total. The molecule has 0 saturated heterocycles. The van der Waals surface area contributed by atoms with Gasteiger partial charge in [-0.1, -0.05) is 11.6 Å². The first-order valence-corrected chi connectivity index (χ1v) is 10.1. The van der Waals surface area contributed by atoms with Crippen molar-refractivity contribution in [3.8, 4) is 0 Å². The molecule has 0 spiro atoms. The molecule has 7 nitrogen and oxygen atoms in total. The van der Waals surface area contributed by atoms with Crippen molar-refractivity contribution in [2.24, 2.45) is 0 Å². The van der Waals surface area contributed by atoms with Crippen molar-refractivity contribution in [2.45, 2.75) is 43.9 Å². The number of carbonyl (C=O) groups excluding carboxylic acids is 1. The number of nitrogens with one attached hydrogen (secondary N) is 3. The van der Waals surface area contributed by atoms with Crippen LogP contribution >= 0.6 is 11.6 Å². The van der Waals surface area contributed by atoms with Crippen molar-refractivity contribution in [1.29, 1.82) is 0 Å². The number of anilines is 2. The van der Waals surface area contributed by atoms with Crippen molar-refractivity contribution >= 4 is 39.9 Å². The van der Waals surface area contributed by atoms with Crippen molar-refractivity contribution in [1.82, 2.24) is 20.5 Å². The summed E-state index contributed by atoms with van der Waals surface area (Å²) in [5.74, 6) is -0.222. The molecular weight excluding hydrogens is 433 g/mol. The quantitative estimate of drug-likeness (QED) is 0.470. The van der Waals surface area contributed by atoms with Gasteiger partial charge in [-0.25, -0.2) is 4.98 Å². The number of nitrogens with zero attached hydrogens (tertiary/aromatic N) is 2. The van der Waals surface area contributed by atoms with Gasteiger partial charge >= 0.3 is 6.18 Å². The van der Waals surface area contributed by atoms with Crippen LogP contribution in [0.1, 0.15) is 41.7 Å². The minimum absolute atomic E-state index is 0.114. The maximum Gasteiger partial charge on any atom is 0.433 e. The zero-order chi connectivity index (χ0) is 22.2. The molecule has 0 unspecified atom stereocenters. The van der Waals surface area contributed by atoms with E-state index < -0.39 is 11.9 Å². The van der Waals surface area contributed by atoms with Gasteiger partial charge in [0.1, 0.15) is 11.3 Å². The van der Waals surface area contributed by atoms with Crippen molar-refractivity contribution in [3.05, 3.63) is 46.7 Å². The fraction of sp³-hybridized carbons (Fsp3) is 0.350. The summed E-state index contributed by atoms with van der Waals surface area (Å²) in [6.45, 7) is 0. The van der Waals surface area contributed by atoms with Gasteiger partial charge in [0.05, 0.1) is 5.52 Å². The minimum Gasteiger partial charge on any atom is -0.382 e. The van der Waals surface area contributed by atoms with E-state index in [1.54, 1.807) is 6.07 Å². The van der Waals surface area contributed by atoms with Crippen LogP contribution in [-0.4, -0.2) is 33.2 Å². The molecule has 11 heteroatoms. The molecule has 164 valence electrons. The standard InChI is InChI=1S/C20H20ClF3N6O/c21-10-4-5-15-13(6-10)16(8-17(29-15)20(22,23)24)27-11-2-1-3-12(7-11)28-19(31)14-9-26-30-18(14)25/h4-6,8-9,11-12H,1-3,7H2,(H,27,29)(H,28,31)(H3,25,26,30)/t11-,12+/m0/s1. The number of benzene rings is 1. The number of carbonyl (C=O) groups is 1. The van der Waals surface area contributed by atoms with Gasteiger partial charge in [0.25, 0.3) is 5.91 Å². The topological polar surface area (TPSA) is 109 Å². The van der Waals surface area contributed by atoms with Crippen LogP contribution in [0, 0.1) is 0 Å².